The number of aromatic amines is 1. The van der Waals surface area contributed by atoms with Crippen molar-refractivity contribution < 1.29 is 9.21 Å². The molecule has 1 aliphatic rings. The lowest BCUT2D eigenvalue weighted by Crippen LogP contribution is -2.15. The number of hydrogen-bond donors (Lipinski definition) is 1. The molecular formula is C11H11N3O3S. The molecule has 0 radical (unpaired) electrons. The summed E-state index contributed by atoms with van der Waals surface area (Å²) in [5.41, 5.74) is -0.196. The zero-order chi connectivity index (χ0) is 12.7. The zero-order valence-electron chi connectivity index (χ0n) is 9.67. The van der Waals surface area contributed by atoms with Gasteiger partial charge in [-0.25, -0.2) is 9.89 Å². The molecule has 0 bridgehead atoms. The lowest BCUT2D eigenvalue weighted by molar-refractivity contribution is 0.0982. The molecule has 0 spiro atoms. The molecule has 2 heterocycles. The number of aromatic nitrogens is 3. The van der Waals surface area contributed by atoms with Crippen molar-refractivity contribution in [2.45, 2.75) is 36.1 Å². The molecule has 1 N–H and O–H groups in total. The summed E-state index contributed by atoms with van der Waals surface area (Å²) in [5, 5.41) is 7.54. The van der Waals surface area contributed by atoms with Crippen molar-refractivity contribution in [1.29, 1.82) is 0 Å². The van der Waals surface area contributed by atoms with Gasteiger partial charge in [-0.2, -0.15) is 0 Å². The number of hydrogen-bond acceptors (Lipinski definition) is 5. The molecule has 0 aromatic carbocycles. The first-order valence-corrected chi connectivity index (χ1v) is 6.42. The minimum Gasteiger partial charge on any atom is -0.446 e. The second-order valence-electron chi connectivity index (χ2n) is 4.19. The van der Waals surface area contributed by atoms with E-state index < -0.39 is 0 Å². The molecule has 0 atom stereocenters. The van der Waals surface area contributed by atoms with Crippen LogP contribution in [-0.4, -0.2) is 20.5 Å². The Labute approximate surface area is 106 Å². The average Bonchev–Trinajstić information content (AvgIpc) is 2.93. The van der Waals surface area contributed by atoms with Gasteiger partial charge in [0.05, 0.1) is 0 Å². The molecule has 2 aromatic rings. The number of nitrogens with one attached hydrogen (secondary N) is 1. The number of ketones is 1. The van der Waals surface area contributed by atoms with Gasteiger partial charge in [0.1, 0.15) is 0 Å². The van der Waals surface area contributed by atoms with E-state index in [1.165, 1.54) is 18.7 Å². The second kappa shape index (κ2) is 4.16. The van der Waals surface area contributed by atoms with Crippen LogP contribution in [0.25, 0.3) is 0 Å². The molecule has 0 aliphatic heterocycles. The third kappa shape index (κ3) is 2.01. The third-order valence-electron chi connectivity index (χ3n) is 2.70. The average molecular weight is 265 g/mol. The summed E-state index contributed by atoms with van der Waals surface area (Å²) in [6.45, 7) is 1.45. The second-order valence-corrected chi connectivity index (χ2v) is 5.16. The van der Waals surface area contributed by atoms with Gasteiger partial charge in [-0.3, -0.25) is 9.36 Å². The summed E-state index contributed by atoms with van der Waals surface area (Å²) in [4.78, 5) is 22.7. The van der Waals surface area contributed by atoms with Crippen LogP contribution in [0.5, 0.6) is 0 Å². The maximum absolute atomic E-state index is 11.6. The number of nitrogens with zero attached hydrogens (tertiary/aromatic N) is 2. The fourth-order valence-electron chi connectivity index (χ4n) is 1.67. The van der Waals surface area contributed by atoms with Gasteiger partial charge < -0.3 is 4.42 Å². The number of carbonyl (C=O) groups excluding carboxylic acids is 1. The molecule has 0 unspecified atom stereocenters. The van der Waals surface area contributed by atoms with Crippen molar-refractivity contribution in [2.24, 2.45) is 0 Å². The maximum atomic E-state index is 11.6. The molecule has 1 saturated carbocycles. The summed E-state index contributed by atoms with van der Waals surface area (Å²) in [7, 11) is 0. The fraction of sp³-hybridized carbons (Fsp3) is 0.364. The van der Waals surface area contributed by atoms with Crippen molar-refractivity contribution >= 4 is 17.5 Å². The highest BCUT2D eigenvalue weighted by Gasteiger charge is 2.29. The minimum absolute atomic E-state index is 0.122. The summed E-state index contributed by atoms with van der Waals surface area (Å²) >= 11 is 1.24. The Balaban J connectivity index is 1.87. The van der Waals surface area contributed by atoms with Gasteiger partial charge in [0, 0.05) is 13.0 Å². The summed E-state index contributed by atoms with van der Waals surface area (Å²) in [5.74, 6) is 0.191. The van der Waals surface area contributed by atoms with Crippen LogP contribution in [0.2, 0.25) is 0 Å². The molecule has 7 heteroatoms. The van der Waals surface area contributed by atoms with Crippen LogP contribution < -0.4 is 5.69 Å². The standard InChI is InChI=1S/C11H11N3O3S/c1-6(15)8-4-5-9(17-8)18-11-13-12-10(16)14(11)7-2-3-7/h4-5,7H,2-3H2,1H3,(H,12,16). The van der Waals surface area contributed by atoms with Gasteiger partial charge in [-0.05, 0) is 36.7 Å². The summed E-state index contributed by atoms with van der Waals surface area (Å²) in [6.07, 6.45) is 2.01. The lowest BCUT2D eigenvalue weighted by atomic mass is 10.3. The predicted molar refractivity (Wildman–Crippen MR) is 64.0 cm³/mol. The molecule has 6 nitrogen and oxygen atoms in total. The van der Waals surface area contributed by atoms with Crippen molar-refractivity contribution in [2.75, 3.05) is 0 Å². The Hall–Kier alpha value is -1.76. The fourth-order valence-corrected chi connectivity index (χ4v) is 2.54. The van der Waals surface area contributed by atoms with Crippen molar-refractivity contribution in [3.8, 4) is 0 Å². The molecule has 1 fully saturated rings. The zero-order valence-corrected chi connectivity index (χ0v) is 10.5. The number of H-pyrrole nitrogens is 1. The van der Waals surface area contributed by atoms with Crippen LogP contribution in [-0.2, 0) is 0 Å². The van der Waals surface area contributed by atoms with Gasteiger partial charge in [-0.15, -0.1) is 5.10 Å². The molecule has 94 valence electrons. The first-order valence-electron chi connectivity index (χ1n) is 5.60. The van der Waals surface area contributed by atoms with E-state index in [9.17, 15) is 9.59 Å². The topological polar surface area (TPSA) is 80.9 Å². The quantitative estimate of drug-likeness (QED) is 0.853. The lowest BCUT2D eigenvalue weighted by Gasteiger charge is -2.00. The monoisotopic (exact) mass is 265 g/mol. The smallest absolute Gasteiger partial charge is 0.344 e. The number of rotatable bonds is 4. The maximum Gasteiger partial charge on any atom is 0.344 e. The van der Waals surface area contributed by atoms with Crippen LogP contribution in [0.3, 0.4) is 0 Å². The van der Waals surface area contributed by atoms with E-state index in [0.29, 0.717) is 16.0 Å². The Morgan fingerprint density at radius 1 is 1.56 bits per heavy atom. The summed E-state index contributed by atoms with van der Waals surface area (Å²) < 4.78 is 7.00. The van der Waals surface area contributed by atoms with E-state index in [1.54, 1.807) is 16.7 Å². The molecule has 3 rings (SSSR count). The Morgan fingerprint density at radius 2 is 2.33 bits per heavy atom. The van der Waals surface area contributed by atoms with E-state index in [0.717, 1.165) is 12.8 Å². The molecule has 18 heavy (non-hydrogen) atoms. The normalized spacial score (nSPS) is 14.9. The van der Waals surface area contributed by atoms with Crippen molar-refractivity contribution in [3.05, 3.63) is 28.4 Å². The van der Waals surface area contributed by atoms with Gasteiger partial charge >= 0.3 is 5.69 Å². The Morgan fingerprint density at radius 3 is 2.94 bits per heavy atom. The third-order valence-corrected chi connectivity index (χ3v) is 3.60. The number of Topliss-reactive ketones (excluding diaryl/α,β-unsaturated/α-hetero) is 1. The Kier molecular flexibility index (Phi) is 2.62. The van der Waals surface area contributed by atoms with E-state index in [-0.39, 0.29) is 17.5 Å². The first-order chi connectivity index (χ1) is 8.65. The van der Waals surface area contributed by atoms with Gasteiger partial charge in [0.25, 0.3) is 0 Å². The Bertz CT molecular complexity index is 651. The highest BCUT2D eigenvalue weighted by Crippen LogP contribution is 2.37. The molecule has 1 aliphatic carbocycles. The molecular weight excluding hydrogens is 254 g/mol. The molecule has 0 saturated heterocycles. The van der Waals surface area contributed by atoms with Crippen LogP contribution >= 0.6 is 11.8 Å². The SMILES string of the molecule is CC(=O)c1ccc(Sc2n[nH]c(=O)n2C2CC2)o1. The largest absolute Gasteiger partial charge is 0.446 e. The van der Waals surface area contributed by atoms with E-state index in [1.807, 2.05) is 0 Å². The van der Waals surface area contributed by atoms with Crippen LogP contribution in [0.15, 0.2) is 31.6 Å². The van der Waals surface area contributed by atoms with E-state index in [2.05, 4.69) is 10.2 Å². The highest BCUT2D eigenvalue weighted by atomic mass is 32.2. The van der Waals surface area contributed by atoms with Crippen molar-refractivity contribution in [1.82, 2.24) is 14.8 Å². The number of carbonyl (C=O) groups is 1. The van der Waals surface area contributed by atoms with Gasteiger partial charge in [-0.1, -0.05) is 0 Å². The molecule has 2 aromatic heterocycles. The van der Waals surface area contributed by atoms with Gasteiger partial charge in [0.2, 0.25) is 0 Å². The van der Waals surface area contributed by atoms with E-state index in [4.69, 9.17) is 4.42 Å². The predicted octanol–water partition coefficient (Wildman–Crippen LogP) is 1.85. The molecule has 0 amide bonds. The van der Waals surface area contributed by atoms with Gasteiger partial charge in [0.15, 0.2) is 21.8 Å². The van der Waals surface area contributed by atoms with Crippen LogP contribution in [0.1, 0.15) is 36.4 Å². The first kappa shape index (κ1) is 11.3. The summed E-state index contributed by atoms with van der Waals surface area (Å²) in [6, 6.07) is 3.58. The van der Waals surface area contributed by atoms with Crippen LogP contribution in [0.4, 0.5) is 0 Å². The van der Waals surface area contributed by atoms with Crippen molar-refractivity contribution in [3.63, 3.8) is 0 Å². The highest BCUT2D eigenvalue weighted by molar-refractivity contribution is 7.99. The minimum atomic E-state index is -0.196. The van der Waals surface area contributed by atoms with Crippen LogP contribution in [0, 0.1) is 0 Å². The number of furan rings is 1. The van der Waals surface area contributed by atoms with E-state index >= 15 is 0 Å².